The molecule has 2 heterocycles. The maximum atomic E-state index is 12.0. The first kappa shape index (κ1) is 12.6. The molecule has 1 aliphatic carbocycles. The van der Waals surface area contributed by atoms with Gasteiger partial charge in [0.1, 0.15) is 0 Å². The molecular weight excluding hydrogens is 262 g/mol. The molecule has 6 heteroatoms. The van der Waals surface area contributed by atoms with Gasteiger partial charge >= 0.3 is 0 Å². The molecule has 2 amide bonds. The van der Waals surface area contributed by atoms with Gasteiger partial charge in [-0.1, -0.05) is 0 Å². The summed E-state index contributed by atoms with van der Waals surface area (Å²) in [5.74, 6) is -0.0535. The van der Waals surface area contributed by atoms with Gasteiger partial charge in [-0.25, -0.2) is 4.98 Å². The van der Waals surface area contributed by atoms with Gasteiger partial charge in [-0.3, -0.25) is 9.59 Å². The van der Waals surface area contributed by atoms with Crippen LogP contribution in [-0.2, 0) is 22.4 Å². The molecule has 0 unspecified atom stereocenters. The molecule has 0 atom stereocenters. The monoisotopic (exact) mass is 279 g/mol. The minimum Gasteiger partial charge on any atom is -0.341 e. The Bertz CT molecular complexity index is 496. The van der Waals surface area contributed by atoms with E-state index in [0.717, 1.165) is 23.7 Å². The van der Waals surface area contributed by atoms with Crippen molar-refractivity contribution in [1.29, 1.82) is 0 Å². The van der Waals surface area contributed by atoms with Crippen LogP contribution in [0.3, 0.4) is 0 Å². The SMILES string of the molecule is CC(=O)N1CC(C(=O)Nc2nc3c(s2)CCCC3)C1. The number of rotatable bonds is 2. The molecule has 19 heavy (non-hydrogen) atoms. The average Bonchev–Trinajstić information content (AvgIpc) is 2.67. The zero-order valence-electron chi connectivity index (χ0n) is 10.9. The van der Waals surface area contributed by atoms with Gasteiger partial charge in [-0.2, -0.15) is 0 Å². The Morgan fingerprint density at radius 3 is 2.74 bits per heavy atom. The number of nitrogens with zero attached hydrogens (tertiary/aromatic N) is 2. The molecular formula is C13H17N3O2S. The highest BCUT2D eigenvalue weighted by molar-refractivity contribution is 7.15. The topological polar surface area (TPSA) is 62.3 Å². The van der Waals surface area contributed by atoms with Crippen molar-refractivity contribution in [1.82, 2.24) is 9.88 Å². The fourth-order valence-electron chi connectivity index (χ4n) is 2.51. The molecule has 0 bridgehead atoms. The summed E-state index contributed by atoms with van der Waals surface area (Å²) in [6, 6.07) is 0. The summed E-state index contributed by atoms with van der Waals surface area (Å²) in [6.45, 7) is 2.60. The zero-order chi connectivity index (χ0) is 13.4. The smallest absolute Gasteiger partial charge is 0.232 e. The van der Waals surface area contributed by atoms with Crippen LogP contribution in [0.1, 0.15) is 30.3 Å². The third-order valence-corrected chi connectivity index (χ3v) is 4.85. The van der Waals surface area contributed by atoms with Crippen molar-refractivity contribution in [2.45, 2.75) is 32.6 Å². The van der Waals surface area contributed by atoms with E-state index in [2.05, 4.69) is 10.3 Å². The standard InChI is InChI=1S/C13H17N3O2S/c1-8(17)16-6-9(7-16)12(18)15-13-14-10-4-2-3-5-11(10)19-13/h9H,2-7H2,1H3,(H,14,15,18). The van der Waals surface area contributed by atoms with E-state index in [1.54, 1.807) is 16.2 Å². The lowest BCUT2D eigenvalue weighted by Gasteiger charge is -2.37. The van der Waals surface area contributed by atoms with Crippen LogP contribution in [0.15, 0.2) is 0 Å². The van der Waals surface area contributed by atoms with E-state index in [9.17, 15) is 9.59 Å². The third-order valence-electron chi connectivity index (χ3n) is 3.77. The van der Waals surface area contributed by atoms with E-state index < -0.39 is 0 Å². The first-order valence-corrected chi connectivity index (χ1v) is 7.50. The van der Waals surface area contributed by atoms with E-state index in [1.165, 1.54) is 24.6 Å². The molecule has 0 radical (unpaired) electrons. The maximum absolute atomic E-state index is 12.0. The second kappa shape index (κ2) is 4.92. The van der Waals surface area contributed by atoms with E-state index in [4.69, 9.17) is 0 Å². The van der Waals surface area contributed by atoms with Crippen LogP contribution in [0.25, 0.3) is 0 Å². The van der Waals surface area contributed by atoms with Gasteiger partial charge in [0.05, 0.1) is 11.6 Å². The molecule has 1 aromatic heterocycles. The van der Waals surface area contributed by atoms with E-state index >= 15 is 0 Å². The number of carbonyl (C=O) groups is 2. The second-order valence-corrected chi connectivity index (χ2v) is 6.29. The lowest BCUT2D eigenvalue weighted by Crippen LogP contribution is -2.53. The van der Waals surface area contributed by atoms with Crippen LogP contribution in [0.4, 0.5) is 5.13 Å². The van der Waals surface area contributed by atoms with Crippen LogP contribution in [-0.4, -0.2) is 34.8 Å². The van der Waals surface area contributed by atoms with Gasteiger partial charge in [-0.15, -0.1) is 11.3 Å². The highest BCUT2D eigenvalue weighted by atomic mass is 32.1. The molecule has 0 saturated carbocycles. The van der Waals surface area contributed by atoms with Crippen molar-refractivity contribution in [2.24, 2.45) is 5.92 Å². The fourth-order valence-corrected chi connectivity index (χ4v) is 3.57. The van der Waals surface area contributed by atoms with Crippen molar-refractivity contribution in [2.75, 3.05) is 18.4 Å². The predicted molar refractivity (Wildman–Crippen MR) is 73.1 cm³/mol. The molecule has 1 N–H and O–H groups in total. The largest absolute Gasteiger partial charge is 0.341 e. The highest BCUT2D eigenvalue weighted by Gasteiger charge is 2.34. The van der Waals surface area contributed by atoms with Gasteiger partial charge in [-0.05, 0) is 25.7 Å². The molecule has 0 spiro atoms. The first-order valence-electron chi connectivity index (χ1n) is 6.68. The number of hydrogen-bond acceptors (Lipinski definition) is 4. The Morgan fingerprint density at radius 2 is 2.05 bits per heavy atom. The number of thiazole rings is 1. The summed E-state index contributed by atoms with van der Waals surface area (Å²) in [7, 11) is 0. The molecule has 2 aliphatic rings. The molecule has 102 valence electrons. The molecule has 1 saturated heterocycles. The molecule has 1 aliphatic heterocycles. The van der Waals surface area contributed by atoms with Crippen LogP contribution in [0, 0.1) is 5.92 Å². The average molecular weight is 279 g/mol. The summed E-state index contributed by atoms with van der Waals surface area (Å²) < 4.78 is 0. The summed E-state index contributed by atoms with van der Waals surface area (Å²) in [4.78, 5) is 30.6. The number of nitrogens with one attached hydrogen (secondary N) is 1. The Morgan fingerprint density at radius 1 is 1.32 bits per heavy atom. The number of amides is 2. The van der Waals surface area contributed by atoms with Gasteiger partial charge in [0.25, 0.3) is 0 Å². The summed E-state index contributed by atoms with van der Waals surface area (Å²) in [5, 5.41) is 3.61. The summed E-state index contributed by atoms with van der Waals surface area (Å²) >= 11 is 1.60. The van der Waals surface area contributed by atoms with Crippen LogP contribution in [0.5, 0.6) is 0 Å². The quantitative estimate of drug-likeness (QED) is 0.891. The molecule has 1 fully saturated rings. The normalized spacial score (nSPS) is 18.7. The number of carbonyl (C=O) groups excluding carboxylic acids is 2. The van der Waals surface area contributed by atoms with Crippen LogP contribution in [0.2, 0.25) is 0 Å². The fraction of sp³-hybridized carbons (Fsp3) is 0.615. The highest BCUT2D eigenvalue weighted by Crippen LogP contribution is 2.30. The van der Waals surface area contributed by atoms with Gasteiger partial charge in [0, 0.05) is 24.9 Å². The van der Waals surface area contributed by atoms with Gasteiger partial charge in [0.2, 0.25) is 11.8 Å². The van der Waals surface area contributed by atoms with E-state index in [-0.39, 0.29) is 17.7 Å². The molecule has 1 aromatic rings. The summed E-state index contributed by atoms with van der Waals surface area (Å²) in [5.41, 5.74) is 1.16. The minimum atomic E-state index is -0.0789. The number of likely N-dealkylation sites (tertiary alicyclic amines) is 1. The Labute approximate surface area is 116 Å². The van der Waals surface area contributed by atoms with Crippen molar-refractivity contribution >= 4 is 28.3 Å². The Balaban J connectivity index is 1.58. The van der Waals surface area contributed by atoms with E-state index in [1.807, 2.05) is 0 Å². The van der Waals surface area contributed by atoms with Crippen LogP contribution < -0.4 is 5.32 Å². The maximum Gasteiger partial charge on any atom is 0.232 e. The lowest BCUT2D eigenvalue weighted by atomic mass is 9.99. The number of fused-ring (bicyclic) bond motifs is 1. The van der Waals surface area contributed by atoms with Crippen molar-refractivity contribution in [3.63, 3.8) is 0 Å². The molecule has 3 rings (SSSR count). The lowest BCUT2D eigenvalue weighted by molar-refractivity contribution is -0.139. The van der Waals surface area contributed by atoms with Gasteiger partial charge in [0.15, 0.2) is 5.13 Å². The number of hydrogen-bond donors (Lipinski definition) is 1. The van der Waals surface area contributed by atoms with Crippen LogP contribution >= 0.6 is 11.3 Å². The Kier molecular flexibility index (Phi) is 3.26. The van der Waals surface area contributed by atoms with Crippen molar-refractivity contribution < 1.29 is 9.59 Å². The zero-order valence-corrected chi connectivity index (χ0v) is 11.8. The van der Waals surface area contributed by atoms with Crippen molar-refractivity contribution in [3.05, 3.63) is 10.6 Å². The molecule has 5 nitrogen and oxygen atoms in total. The second-order valence-electron chi connectivity index (χ2n) is 5.21. The van der Waals surface area contributed by atoms with Crippen molar-refractivity contribution in [3.8, 4) is 0 Å². The number of aromatic nitrogens is 1. The number of anilines is 1. The Hall–Kier alpha value is -1.43. The minimum absolute atomic E-state index is 0.0106. The van der Waals surface area contributed by atoms with E-state index in [0.29, 0.717) is 13.1 Å². The molecule has 0 aromatic carbocycles. The third kappa shape index (κ3) is 2.49. The van der Waals surface area contributed by atoms with Gasteiger partial charge < -0.3 is 10.2 Å². The number of aryl methyl sites for hydroxylation is 2. The predicted octanol–water partition coefficient (Wildman–Crippen LogP) is 1.44. The summed E-state index contributed by atoms with van der Waals surface area (Å²) in [6.07, 6.45) is 4.53. The first-order chi connectivity index (χ1) is 9.13.